The Kier molecular flexibility index (Phi) is 4.91. The highest BCUT2D eigenvalue weighted by molar-refractivity contribution is 5.86. The highest BCUT2D eigenvalue weighted by atomic mass is 16.5. The Morgan fingerprint density at radius 2 is 1.92 bits per heavy atom. The summed E-state index contributed by atoms with van der Waals surface area (Å²) in [6.45, 7) is 6.26. The van der Waals surface area contributed by atoms with Crippen molar-refractivity contribution >= 4 is 11.9 Å². The molecule has 2 N–H and O–H groups in total. The third kappa shape index (κ3) is 4.09. The summed E-state index contributed by atoms with van der Waals surface area (Å²) in [6, 6.07) is 16.7. The average molecular weight is 335 g/mol. The Balaban J connectivity index is 1.75. The van der Waals surface area contributed by atoms with E-state index in [2.05, 4.69) is 59.8 Å². The van der Waals surface area contributed by atoms with Crippen LogP contribution in [0, 0.1) is 6.92 Å². The molecule has 1 heterocycles. The highest BCUT2D eigenvalue weighted by Gasteiger charge is 2.27. The van der Waals surface area contributed by atoms with Crippen LogP contribution in [0.4, 0.5) is 0 Å². The molecule has 0 fully saturated rings. The zero-order chi connectivity index (χ0) is 17.9. The number of methoxy groups -OCH3 is 1. The summed E-state index contributed by atoms with van der Waals surface area (Å²) in [4.78, 5) is 4.61. The summed E-state index contributed by atoms with van der Waals surface area (Å²) in [7, 11) is 1.68. The van der Waals surface area contributed by atoms with Gasteiger partial charge < -0.3 is 10.1 Å². The minimum absolute atomic E-state index is 0.113. The van der Waals surface area contributed by atoms with Gasteiger partial charge in [0.15, 0.2) is 5.79 Å². The monoisotopic (exact) mass is 335 g/mol. The molecule has 130 valence electrons. The molecule has 1 aliphatic rings. The van der Waals surface area contributed by atoms with Crippen LogP contribution in [0.3, 0.4) is 0 Å². The minimum atomic E-state index is -0.572. The standard InChI is InChI=1S/C21H25N3O/c1-15-8-10-17(11-9-15)20-12-13-22-21(3,24-20)23-16(2)18-6-5-7-19(14-18)25-4/h5-14,16,23-24H,1-4H3. The second kappa shape index (κ2) is 7.11. The number of nitrogens with one attached hydrogen (secondary N) is 2. The average Bonchev–Trinajstić information content (AvgIpc) is 2.62. The molecule has 0 saturated heterocycles. The first-order valence-corrected chi connectivity index (χ1v) is 8.51. The predicted octanol–water partition coefficient (Wildman–Crippen LogP) is 4.04. The third-order valence-electron chi connectivity index (χ3n) is 4.41. The lowest BCUT2D eigenvalue weighted by molar-refractivity contribution is 0.302. The predicted molar refractivity (Wildman–Crippen MR) is 104 cm³/mol. The molecule has 0 aliphatic carbocycles. The zero-order valence-corrected chi connectivity index (χ0v) is 15.2. The quantitative estimate of drug-likeness (QED) is 0.867. The number of hydrogen-bond donors (Lipinski definition) is 2. The number of aryl methyl sites for hydroxylation is 1. The summed E-state index contributed by atoms with van der Waals surface area (Å²) in [5.74, 6) is 0.286. The van der Waals surface area contributed by atoms with Crippen LogP contribution in [0.25, 0.3) is 5.70 Å². The molecule has 2 aromatic rings. The Bertz CT molecular complexity index is 795. The van der Waals surface area contributed by atoms with Gasteiger partial charge in [0, 0.05) is 18.0 Å². The molecule has 0 saturated carbocycles. The van der Waals surface area contributed by atoms with E-state index in [1.54, 1.807) is 7.11 Å². The number of rotatable bonds is 5. The van der Waals surface area contributed by atoms with Crippen molar-refractivity contribution in [1.29, 1.82) is 0 Å². The van der Waals surface area contributed by atoms with Crippen molar-refractivity contribution in [3.63, 3.8) is 0 Å². The van der Waals surface area contributed by atoms with E-state index < -0.39 is 5.79 Å². The maximum Gasteiger partial charge on any atom is 0.182 e. The molecule has 2 aromatic carbocycles. The molecule has 0 bridgehead atoms. The van der Waals surface area contributed by atoms with Gasteiger partial charge in [0.05, 0.1) is 7.11 Å². The van der Waals surface area contributed by atoms with E-state index in [0.717, 1.165) is 22.6 Å². The van der Waals surface area contributed by atoms with Gasteiger partial charge in [-0.1, -0.05) is 42.0 Å². The lowest BCUT2D eigenvalue weighted by Gasteiger charge is -2.35. The smallest absolute Gasteiger partial charge is 0.182 e. The number of aliphatic imine (C=N–C) groups is 1. The van der Waals surface area contributed by atoms with Crippen molar-refractivity contribution < 1.29 is 4.74 Å². The molecule has 0 radical (unpaired) electrons. The lowest BCUT2D eigenvalue weighted by Crippen LogP contribution is -2.54. The van der Waals surface area contributed by atoms with Crippen molar-refractivity contribution in [3.05, 3.63) is 71.3 Å². The SMILES string of the molecule is COc1cccc(C(C)NC2(C)N=CC=C(c3ccc(C)cc3)N2)c1. The molecule has 4 heteroatoms. The van der Waals surface area contributed by atoms with Crippen molar-refractivity contribution in [2.75, 3.05) is 7.11 Å². The van der Waals surface area contributed by atoms with Crippen LogP contribution in [0.2, 0.25) is 0 Å². The van der Waals surface area contributed by atoms with Gasteiger partial charge in [-0.25, -0.2) is 0 Å². The first-order valence-electron chi connectivity index (χ1n) is 8.51. The number of allylic oxidation sites excluding steroid dienone is 1. The highest BCUT2D eigenvalue weighted by Crippen LogP contribution is 2.24. The topological polar surface area (TPSA) is 45.6 Å². The van der Waals surface area contributed by atoms with Gasteiger partial charge in [-0.3, -0.25) is 10.3 Å². The van der Waals surface area contributed by atoms with Crippen molar-refractivity contribution in [2.24, 2.45) is 4.99 Å². The third-order valence-corrected chi connectivity index (χ3v) is 4.41. The van der Waals surface area contributed by atoms with Gasteiger partial charge in [-0.15, -0.1) is 0 Å². The van der Waals surface area contributed by atoms with Gasteiger partial charge >= 0.3 is 0 Å². The molecule has 2 unspecified atom stereocenters. The van der Waals surface area contributed by atoms with Crippen LogP contribution in [-0.4, -0.2) is 19.1 Å². The van der Waals surface area contributed by atoms with E-state index in [1.807, 2.05) is 37.4 Å². The van der Waals surface area contributed by atoms with Gasteiger partial charge in [0.2, 0.25) is 0 Å². The maximum absolute atomic E-state index is 5.32. The molecular weight excluding hydrogens is 310 g/mol. The Hall–Kier alpha value is -2.59. The van der Waals surface area contributed by atoms with Crippen LogP contribution < -0.4 is 15.4 Å². The van der Waals surface area contributed by atoms with Gasteiger partial charge in [-0.05, 0) is 50.1 Å². The number of ether oxygens (including phenoxy) is 1. The first-order chi connectivity index (χ1) is 12.0. The number of hydrogen-bond acceptors (Lipinski definition) is 4. The first kappa shape index (κ1) is 17.2. The molecule has 25 heavy (non-hydrogen) atoms. The largest absolute Gasteiger partial charge is 0.497 e. The second-order valence-electron chi connectivity index (χ2n) is 6.56. The van der Waals surface area contributed by atoms with E-state index >= 15 is 0 Å². The maximum atomic E-state index is 5.32. The summed E-state index contributed by atoms with van der Waals surface area (Å²) in [5.41, 5.74) is 4.62. The van der Waals surface area contributed by atoms with Gasteiger partial charge in [-0.2, -0.15) is 0 Å². The molecular formula is C21H25N3O. The number of nitrogens with zero attached hydrogens (tertiary/aromatic N) is 1. The fraction of sp³-hybridized carbons (Fsp3) is 0.286. The Morgan fingerprint density at radius 1 is 1.16 bits per heavy atom. The zero-order valence-electron chi connectivity index (χ0n) is 15.2. The summed E-state index contributed by atoms with van der Waals surface area (Å²) < 4.78 is 5.32. The van der Waals surface area contributed by atoms with E-state index in [-0.39, 0.29) is 6.04 Å². The molecule has 4 nitrogen and oxygen atoms in total. The summed E-state index contributed by atoms with van der Waals surface area (Å²) in [6.07, 6.45) is 3.86. The Morgan fingerprint density at radius 3 is 2.64 bits per heavy atom. The van der Waals surface area contributed by atoms with Gasteiger partial charge in [0.25, 0.3) is 0 Å². The van der Waals surface area contributed by atoms with E-state index in [4.69, 9.17) is 4.74 Å². The summed E-state index contributed by atoms with van der Waals surface area (Å²) in [5, 5.41) is 7.08. The fourth-order valence-corrected chi connectivity index (χ4v) is 2.99. The van der Waals surface area contributed by atoms with Crippen molar-refractivity contribution in [3.8, 4) is 5.75 Å². The van der Waals surface area contributed by atoms with Crippen LogP contribution in [-0.2, 0) is 0 Å². The lowest BCUT2D eigenvalue weighted by atomic mass is 10.1. The van der Waals surface area contributed by atoms with E-state index in [1.165, 1.54) is 5.56 Å². The molecule has 3 rings (SSSR count). The normalized spacial score (nSPS) is 20.6. The molecule has 0 amide bonds. The van der Waals surface area contributed by atoms with Crippen LogP contribution in [0.15, 0.2) is 59.6 Å². The van der Waals surface area contributed by atoms with Crippen LogP contribution >= 0.6 is 0 Å². The van der Waals surface area contributed by atoms with E-state index in [0.29, 0.717) is 0 Å². The van der Waals surface area contributed by atoms with E-state index in [9.17, 15) is 0 Å². The van der Waals surface area contributed by atoms with Crippen LogP contribution in [0.1, 0.15) is 36.6 Å². The number of benzene rings is 2. The van der Waals surface area contributed by atoms with Crippen LogP contribution in [0.5, 0.6) is 5.75 Å². The molecule has 0 spiro atoms. The molecule has 1 aliphatic heterocycles. The molecule has 0 aromatic heterocycles. The fourth-order valence-electron chi connectivity index (χ4n) is 2.99. The minimum Gasteiger partial charge on any atom is -0.497 e. The van der Waals surface area contributed by atoms with Crippen molar-refractivity contribution in [2.45, 2.75) is 32.6 Å². The van der Waals surface area contributed by atoms with Crippen molar-refractivity contribution in [1.82, 2.24) is 10.6 Å². The second-order valence-corrected chi connectivity index (χ2v) is 6.56. The summed E-state index contributed by atoms with van der Waals surface area (Å²) >= 11 is 0. The Labute approximate surface area is 149 Å². The van der Waals surface area contributed by atoms with Gasteiger partial charge in [0.1, 0.15) is 5.75 Å². The molecule has 2 atom stereocenters.